The Kier molecular flexibility index (Phi) is 4.57. The summed E-state index contributed by atoms with van der Waals surface area (Å²) >= 11 is 3.44. The van der Waals surface area contributed by atoms with Crippen LogP contribution < -0.4 is 10.5 Å². The van der Waals surface area contributed by atoms with Crippen molar-refractivity contribution in [2.75, 3.05) is 7.11 Å². The Morgan fingerprint density at radius 1 is 1.25 bits per heavy atom. The fraction of sp³-hybridized carbons (Fsp3) is 0.125. The van der Waals surface area contributed by atoms with Gasteiger partial charge in [-0.05, 0) is 35.5 Å². The number of tetrazole rings is 1. The Balaban J connectivity index is 1.83. The van der Waals surface area contributed by atoms with Crippen LogP contribution in [0.3, 0.4) is 0 Å². The Morgan fingerprint density at radius 3 is 2.67 bits per heavy atom. The van der Waals surface area contributed by atoms with Crippen LogP contribution in [-0.2, 0) is 6.54 Å². The molecule has 0 radical (unpaired) electrons. The molecule has 0 aliphatic heterocycles. The number of carbonyl (C=O) groups is 1. The zero-order valence-corrected chi connectivity index (χ0v) is 14.4. The molecule has 8 heteroatoms. The Bertz CT molecular complexity index is 876. The molecular weight excluding hydrogens is 374 g/mol. The average molecular weight is 388 g/mol. The first-order chi connectivity index (χ1) is 11.6. The number of halogens is 1. The van der Waals surface area contributed by atoms with E-state index in [0.717, 1.165) is 21.3 Å². The lowest BCUT2D eigenvalue weighted by Gasteiger charge is -2.07. The fourth-order valence-corrected chi connectivity index (χ4v) is 2.64. The molecule has 1 aromatic heterocycles. The predicted octanol–water partition coefficient (Wildman–Crippen LogP) is 2.26. The van der Waals surface area contributed by atoms with Gasteiger partial charge in [0, 0.05) is 21.2 Å². The number of carbonyl (C=O) groups excluding carboxylic acids is 1. The van der Waals surface area contributed by atoms with Crippen molar-refractivity contribution in [2.45, 2.75) is 6.54 Å². The molecule has 0 aliphatic carbocycles. The maximum atomic E-state index is 11.1. The zero-order chi connectivity index (χ0) is 17.1. The molecule has 2 N–H and O–H groups in total. The minimum absolute atomic E-state index is 0.426. The highest BCUT2D eigenvalue weighted by Gasteiger charge is 2.10. The second-order valence-corrected chi connectivity index (χ2v) is 5.96. The van der Waals surface area contributed by atoms with Gasteiger partial charge in [0.25, 0.3) is 0 Å². The molecular formula is C16H14BrN5O2. The predicted molar refractivity (Wildman–Crippen MR) is 91.6 cm³/mol. The summed E-state index contributed by atoms with van der Waals surface area (Å²) in [4.78, 5) is 12.6. The molecule has 0 bridgehead atoms. The van der Waals surface area contributed by atoms with Crippen molar-refractivity contribution in [1.82, 2.24) is 20.2 Å². The van der Waals surface area contributed by atoms with Gasteiger partial charge < -0.3 is 10.5 Å². The molecule has 7 nitrogen and oxygen atoms in total. The number of hydrogen-bond acceptors (Lipinski definition) is 5. The number of hydrogen-bond donors (Lipinski definition) is 1. The van der Waals surface area contributed by atoms with Gasteiger partial charge >= 0.3 is 0 Å². The molecule has 1 amide bonds. The number of nitrogens with two attached hydrogens (primary N) is 1. The van der Waals surface area contributed by atoms with Crippen molar-refractivity contribution >= 4 is 21.8 Å². The van der Waals surface area contributed by atoms with Crippen molar-refractivity contribution in [2.24, 2.45) is 5.73 Å². The van der Waals surface area contributed by atoms with Crippen LogP contribution in [0.5, 0.6) is 5.75 Å². The highest BCUT2D eigenvalue weighted by Crippen LogP contribution is 2.23. The van der Waals surface area contributed by atoms with Gasteiger partial charge in [-0.15, -0.1) is 10.2 Å². The molecule has 24 heavy (non-hydrogen) atoms. The number of benzene rings is 2. The third-order valence-corrected chi connectivity index (χ3v) is 3.93. The van der Waals surface area contributed by atoms with E-state index in [-0.39, 0.29) is 0 Å². The maximum absolute atomic E-state index is 11.1. The molecule has 0 aliphatic rings. The molecule has 3 rings (SSSR count). The molecule has 1 heterocycles. The molecule has 3 aromatic rings. The topological polar surface area (TPSA) is 95.9 Å². The lowest BCUT2D eigenvalue weighted by Crippen LogP contribution is -2.10. The van der Waals surface area contributed by atoms with Crippen LogP contribution in [-0.4, -0.2) is 33.2 Å². The van der Waals surface area contributed by atoms with Crippen LogP contribution in [0.25, 0.3) is 11.4 Å². The highest BCUT2D eigenvalue weighted by atomic mass is 79.9. The second kappa shape index (κ2) is 6.79. The van der Waals surface area contributed by atoms with E-state index < -0.39 is 5.91 Å². The molecule has 0 saturated heterocycles. The van der Waals surface area contributed by atoms with Gasteiger partial charge in [-0.25, -0.2) is 0 Å². The minimum atomic E-state index is -0.472. The lowest BCUT2D eigenvalue weighted by molar-refractivity contribution is 0.100. The number of methoxy groups -OCH3 is 1. The van der Waals surface area contributed by atoms with E-state index >= 15 is 0 Å². The number of amides is 1. The van der Waals surface area contributed by atoms with Gasteiger partial charge in [0.2, 0.25) is 11.7 Å². The Labute approximate surface area is 146 Å². The highest BCUT2D eigenvalue weighted by molar-refractivity contribution is 9.10. The second-order valence-electron chi connectivity index (χ2n) is 5.04. The number of rotatable bonds is 5. The van der Waals surface area contributed by atoms with E-state index in [1.165, 1.54) is 4.80 Å². The molecule has 2 aromatic carbocycles. The largest absolute Gasteiger partial charge is 0.496 e. The number of ether oxygens (including phenoxy) is 1. The van der Waals surface area contributed by atoms with Crippen molar-refractivity contribution in [1.29, 1.82) is 0 Å². The van der Waals surface area contributed by atoms with E-state index in [4.69, 9.17) is 10.5 Å². The number of nitrogens with zero attached hydrogens (tertiary/aromatic N) is 4. The van der Waals surface area contributed by atoms with Gasteiger partial charge in [-0.2, -0.15) is 4.80 Å². The van der Waals surface area contributed by atoms with Crippen LogP contribution in [0.2, 0.25) is 0 Å². The van der Waals surface area contributed by atoms with Crippen LogP contribution in [0.15, 0.2) is 46.9 Å². The first-order valence-electron chi connectivity index (χ1n) is 7.07. The van der Waals surface area contributed by atoms with E-state index in [1.807, 2.05) is 18.2 Å². The molecule has 0 spiro atoms. The third kappa shape index (κ3) is 3.43. The lowest BCUT2D eigenvalue weighted by atomic mass is 10.1. The quantitative estimate of drug-likeness (QED) is 0.723. The zero-order valence-electron chi connectivity index (χ0n) is 12.8. The summed E-state index contributed by atoms with van der Waals surface area (Å²) in [5.74, 6) is 0.753. The first-order valence-corrected chi connectivity index (χ1v) is 7.86. The molecule has 122 valence electrons. The fourth-order valence-electron chi connectivity index (χ4n) is 2.23. The van der Waals surface area contributed by atoms with Gasteiger partial charge in [-0.3, -0.25) is 4.79 Å². The van der Waals surface area contributed by atoms with Crippen LogP contribution in [0.1, 0.15) is 15.9 Å². The first kappa shape index (κ1) is 16.1. The van der Waals surface area contributed by atoms with Crippen molar-refractivity contribution < 1.29 is 9.53 Å². The maximum Gasteiger partial charge on any atom is 0.248 e. The van der Waals surface area contributed by atoms with Crippen LogP contribution >= 0.6 is 15.9 Å². The van der Waals surface area contributed by atoms with E-state index in [0.29, 0.717) is 17.9 Å². The summed E-state index contributed by atoms with van der Waals surface area (Å²) in [6.45, 7) is 0.426. The SMILES string of the molecule is COc1ccc(Br)cc1Cn1nnc(-c2ccc(C(N)=O)cc2)n1. The standard InChI is InChI=1S/C16H14BrN5O2/c1-24-14-7-6-13(17)8-12(14)9-22-20-16(19-21-22)11-4-2-10(3-5-11)15(18)23/h2-8H,9H2,1H3,(H2,18,23). The summed E-state index contributed by atoms with van der Waals surface area (Å²) in [6.07, 6.45) is 0. The summed E-state index contributed by atoms with van der Waals surface area (Å²) in [5.41, 5.74) is 7.35. The normalized spacial score (nSPS) is 10.6. The Hall–Kier alpha value is -2.74. The number of primary amides is 1. The summed E-state index contributed by atoms with van der Waals surface area (Å²) in [5, 5.41) is 12.5. The van der Waals surface area contributed by atoms with Gasteiger partial charge in [0.15, 0.2) is 0 Å². The monoisotopic (exact) mass is 387 g/mol. The summed E-state index contributed by atoms with van der Waals surface area (Å²) < 4.78 is 6.29. The van der Waals surface area contributed by atoms with Gasteiger partial charge in [0.05, 0.1) is 13.7 Å². The Morgan fingerprint density at radius 2 is 2.00 bits per heavy atom. The molecule has 0 saturated carbocycles. The summed E-state index contributed by atoms with van der Waals surface area (Å²) in [7, 11) is 1.62. The van der Waals surface area contributed by atoms with Gasteiger partial charge in [-0.1, -0.05) is 28.1 Å². The van der Waals surface area contributed by atoms with Crippen molar-refractivity contribution in [3.05, 3.63) is 58.1 Å². The molecule has 0 fully saturated rings. The van der Waals surface area contributed by atoms with E-state index in [2.05, 4.69) is 31.3 Å². The van der Waals surface area contributed by atoms with Crippen molar-refractivity contribution in [3.8, 4) is 17.1 Å². The molecule has 0 unspecified atom stereocenters. The number of aromatic nitrogens is 4. The van der Waals surface area contributed by atoms with E-state index in [1.54, 1.807) is 31.4 Å². The van der Waals surface area contributed by atoms with E-state index in [9.17, 15) is 4.79 Å². The van der Waals surface area contributed by atoms with Crippen molar-refractivity contribution in [3.63, 3.8) is 0 Å². The smallest absolute Gasteiger partial charge is 0.248 e. The summed E-state index contributed by atoms with van der Waals surface area (Å²) in [6, 6.07) is 12.5. The van der Waals surface area contributed by atoms with Crippen LogP contribution in [0.4, 0.5) is 0 Å². The van der Waals surface area contributed by atoms with Gasteiger partial charge in [0.1, 0.15) is 5.75 Å². The average Bonchev–Trinajstić information content (AvgIpc) is 3.04. The molecule has 0 atom stereocenters. The van der Waals surface area contributed by atoms with Crippen LogP contribution in [0, 0.1) is 0 Å². The minimum Gasteiger partial charge on any atom is -0.496 e. The third-order valence-electron chi connectivity index (χ3n) is 3.43.